The van der Waals surface area contributed by atoms with E-state index in [2.05, 4.69) is 0 Å². The molecule has 0 aliphatic carbocycles. The average Bonchev–Trinajstić information content (AvgIpc) is 2.89. The van der Waals surface area contributed by atoms with Crippen LogP contribution in [-0.2, 0) is 6.61 Å². The van der Waals surface area contributed by atoms with E-state index < -0.39 is 10.9 Å². The predicted molar refractivity (Wildman–Crippen MR) is 68.3 cm³/mol. The Balaban J connectivity index is 2.08. The quantitative estimate of drug-likeness (QED) is 0.401. The second kappa shape index (κ2) is 5.59. The van der Waals surface area contributed by atoms with E-state index in [1.807, 2.05) is 0 Å². The highest BCUT2D eigenvalue weighted by atomic mass is 32.1. The van der Waals surface area contributed by atoms with Crippen LogP contribution in [0.1, 0.15) is 15.2 Å². The molecule has 1 aromatic heterocycles. The first-order chi connectivity index (χ1) is 9.10. The third-order valence-corrected chi connectivity index (χ3v) is 3.31. The van der Waals surface area contributed by atoms with E-state index in [1.54, 1.807) is 24.3 Å². The molecule has 0 aliphatic rings. The average molecular weight is 279 g/mol. The molecule has 0 atom stereocenters. The molecule has 0 spiro atoms. The van der Waals surface area contributed by atoms with Gasteiger partial charge in [0.2, 0.25) is 0 Å². The van der Waals surface area contributed by atoms with E-state index in [0.717, 1.165) is 11.3 Å². The highest BCUT2D eigenvalue weighted by Gasteiger charge is 2.16. The summed E-state index contributed by atoms with van der Waals surface area (Å²) < 4.78 is 5.06. The van der Waals surface area contributed by atoms with Crippen LogP contribution < -0.4 is 4.74 Å². The zero-order valence-electron chi connectivity index (χ0n) is 9.61. The number of ether oxygens (including phenoxy) is 1. The number of aliphatic hydroxyl groups excluding tert-OH is 1. The number of aliphatic hydroxyl groups is 1. The molecule has 0 fully saturated rings. The highest BCUT2D eigenvalue weighted by Crippen LogP contribution is 2.25. The van der Waals surface area contributed by atoms with Crippen molar-refractivity contribution in [3.05, 3.63) is 57.0 Å². The van der Waals surface area contributed by atoms with Crippen LogP contribution in [0.2, 0.25) is 0 Å². The van der Waals surface area contributed by atoms with Crippen molar-refractivity contribution in [3.8, 4) is 5.75 Å². The fraction of sp³-hybridized carbons (Fsp3) is 0.0833. The Kier molecular flexibility index (Phi) is 3.88. The van der Waals surface area contributed by atoms with Crippen molar-refractivity contribution >= 4 is 22.3 Å². The topological polar surface area (TPSA) is 89.7 Å². The number of hydrogen-bond acceptors (Lipinski definition) is 6. The molecule has 1 aromatic carbocycles. The largest absolute Gasteiger partial charge is 0.422 e. The van der Waals surface area contributed by atoms with Crippen LogP contribution in [0.25, 0.3) is 0 Å². The first-order valence-electron chi connectivity index (χ1n) is 5.26. The van der Waals surface area contributed by atoms with Gasteiger partial charge in [-0.1, -0.05) is 23.5 Å². The number of benzene rings is 1. The SMILES string of the molecule is O=C(Oc1ccc(CO)cc1)c1ccc([N+](=O)[O-])s1. The monoisotopic (exact) mass is 279 g/mol. The molecule has 6 nitrogen and oxygen atoms in total. The fourth-order valence-electron chi connectivity index (χ4n) is 1.36. The van der Waals surface area contributed by atoms with Crippen molar-refractivity contribution in [1.82, 2.24) is 0 Å². The summed E-state index contributed by atoms with van der Waals surface area (Å²) in [6.07, 6.45) is 0. The minimum Gasteiger partial charge on any atom is -0.422 e. The molecule has 0 radical (unpaired) electrons. The van der Waals surface area contributed by atoms with Crippen LogP contribution in [0.4, 0.5) is 5.00 Å². The van der Waals surface area contributed by atoms with Crippen LogP contribution in [0, 0.1) is 10.1 Å². The van der Waals surface area contributed by atoms with E-state index in [-0.39, 0.29) is 16.5 Å². The molecule has 7 heteroatoms. The molecule has 0 saturated carbocycles. The number of hydrogen-bond donors (Lipinski definition) is 1. The van der Waals surface area contributed by atoms with Gasteiger partial charge in [-0.05, 0) is 23.8 Å². The molecule has 19 heavy (non-hydrogen) atoms. The maximum absolute atomic E-state index is 11.7. The fourth-order valence-corrected chi connectivity index (χ4v) is 2.05. The Morgan fingerprint density at radius 3 is 2.47 bits per heavy atom. The van der Waals surface area contributed by atoms with E-state index in [4.69, 9.17) is 9.84 Å². The first kappa shape index (κ1) is 13.2. The van der Waals surface area contributed by atoms with Crippen LogP contribution in [0.5, 0.6) is 5.75 Å². The minimum absolute atomic E-state index is 0.0919. The smallest absolute Gasteiger partial charge is 0.353 e. The Labute approximate surface area is 112 Å². The standard InChI is InChI=1S/C12H9NO5S/c14-7-8-1-3-9(4-2-8)18-12(15)10-5-6-11(19-10)13(16)17/h1-6,14H,7H2. The third-order valence-electron chi connectivity index (χ3n) is 2.29. The number of esters is 1. The summed E-state index contributed by atoms with van der Waals surface area (Å²) in [5, 5.41) is 19.3. The summed E-state index contributed by atoms with van der Waals surface area (Å²) in [6, 6.07) is 8.96. The second-order valence-corrected chi connectivity index (χ2v) is 4.65. The summed E-state index contributed by atoms with van der Waals surface area (Å²) in [6.45, 7) is -0.0919. The number of carbonyl (C=O) groups is 1. The minimum atomic E-state index is -0.644. The van der Waals surface area contributed by atoms with Gasteiger partial charge in [-0.25, -0.2) is 4.79 Å². The lowest BCUT2D eigenvalue weighted by Crippen LogP contribution is -2.06. The summed E-state index contributed by atoms with van der Waals surface area (Å²) >= 11 is 0.762. The molecule has 0 amide bonds. The molecule has 0 unspecified atom stereocenters. The Hall–Kier alpha value is -2.25. The zero-order valence-corrected chi connectivity index (χ0v) is 10.4. The van der Waals surface area contributed by atoms with E-state index in [9.17, 15) is 14.9 Å². The summed E-state index contributed by atoms with van der Waals surface area (Å²) in [4.78, 5) is 21.8. The van der Waals surface area contributed by atoms with Gasteiger partial charge in [-0.3, -0.25) is 10.1 Å². The third kappa shape index (κ3) is 3.15. The lowest BCUT2D eigenvalue weighted by atomic mass is 10.2. The Morgan fingerprint density at radius 1 is 1.26 bits per heavy atom. The van der Waals surface area contributed by atoms with E-state index in [1.165, 1.54) is 12.1 Å². The predicted octanol–water partition coefficient (Wildman–Crippen LogP) is 2.37. The van der Waals surface area contributed by atoms with Gasteiger partial charge in [-0.2, -0.15) is 0 Å². The van der Waals surface area contributed by atoms with Crippen molar-refractivity contribution in [2.75, 3.05) is 0 Å². The van der Waals surface area contributed by atoms with Crippen molar-refractivity contribution < 1.29 is 19.6 Å². The summed E-state index contributed by atoms with van der Waals surface area (Å²) in [5.41, 5.74) is 0.701. The Bertz CT molecular complexity index is 605. The van der Waals surface area contributed by atoms with E-state index >= 15 is 0 Å². The van der Waals surface area contributed by atoms with Gasteiger partial charge in [0.05, 0.1) is 11.5 Å². The molecule has 0 bridgehead atoms. The van der Waals surface area contributed by atoms with Gasteiger partial charge >= 0.3 is 11.0 Å². The van der Waals surface area contributed by atoms with Gasteiger partial charge in [0.25, 0.3) is 0 Å². The number of thiophene rings is 1. The highest BCUT2D eigenvalue weighted by molar-refractivity contribution is 7.17. The molecule has 0 saturated heterocycles. The molecule has 0 aliphatic heterocycles. The normalized spacial score (nSPS) is 10.2. The molecule has 2 aromatic rings. The van der Waals surface area contributed by atoms with Crippen LogP contribution in [-0.4, -0.2) is 16.0 Å². The molecular weight excluding hydrogens is 270 g/mol. The number of nitro groups is 1. The number of rotatable bonds is 4. The molecule has 2 rings (SSSR count). The molecule has 1 heterocycles. The van der Waals surface area contributed by atoms with Crippen molar-refractivity contribution in [1.29, 1.82) is 0 Å². The van der Waals surface area contributed by atoms with Crippen molar-refractivity contribution in [2.24, 2.45) is 0 Å². The van der Waals surface area contributed by atoms with Crippen LogP contribution >= 0.6 is 11.3 Å². The summed E-state index contributed by atoms with van der Waals surface area (Å²) in [5.74, 6) is -0.326. The van der Waals surface area contributed by atoms with Gasteiger partial charge < -0.3 is 9.84 Å². The summed E-state index contributed by atoms with van der Waals surface area (Å²) in [7, 11) is 0. The lowest BCUT2D eigenvalue weighted by molar-refractivity contribution is -0.380. The molecule has 1 N–H and O–H groups in total. The number of nitrogens with zero attached hydrogens (tertiary/aromatic N) is 1. The van der Waals surface area contributed by atoms with Crippen molar-refractivity contribution in [3.63, 3.8) is 0 Å². The van der Waals surface area contributed by atoms with E-state index in [0.29, 0.717) is 11.3 Å². The van der Waals surface area contributed by atoms with Gasteiger partial charge in [0, 0.05) is 6.07 Å². The maximum Gasteiger partial charge on any atom is 0.353 e. The van der Waals surface area contributed by atoms with Crippen molar-refractivity contribution in [2.45, 2.75) is 6.61 Å². The number of carbonyl (C=O) groups excluding carboxylic acids is 1. The maximum atomic E-state index is 11.7. The first-order valence-corrected chi connectivity index (χ1v) is 6.08. The lowest BCUT2D eigenvalue weighted by Gasteiger charge is -2.02. The van der Waals surface area contributed by atoms with Gasteiger partial charge in [-0.15, -0.1) is 0 Å². The van der Waals surface area contributed by atoms with Gasteiger partial charge in [0.15, 0.2) is 0 Å². The van der Waals surface area contributed by atoms with Crippen LogP contribution in [0.15, 0.2) is 36.4 Å². The second-order valence-electron chi connectivity index (χ2n) is 3.59. The Morgan fingerprint density at radius 2 is 1.95 bits per heavy atom. The zero-order chi connectivity index (χ0) is 13.8. The molecular formula is C12H9NO5S. The molecule has 98 valence electrons. The van der Waals surface area contributed by atoms with Crippen LogP contribution in [0.3, 0.4) is 0 Å². The van der Waals surface area contributed by atoms with Gasteiger partial charge in [0.1, 0.15) is 10.6 Å².